The van der Waals surface area contributed by atoms with Crippen LogP contribution in [0.15, 0.2) is 30.3 Å². The highest BCUT2D eigenvalue weighted by molar-refractivity contribution is 5.98. The summed E-state index contributed by atoms with van der Waals surface area (Å²) in [6.45, 7) is 6.48. The van der Waals surface area contributed by atoms with Crippen molar-refractivity contribution in [2.75, 3.05) is 19.6 Å². The second-order valence-corrected chi connectivity index (χ2v) is 13.6. The Morgan fingerprint density at radius 3 is 1.87 bits per heavy atom. The van der Waals surface area contributed by atoms with Crippen molar-refractivity contribution in [2.24, 2.45) is 5.92 Å². The number of nitrogens with one attached hydrogen (secondary N) is 3. The Morgan fingerprint density at radius 2 is 1.21 bits per heavy atom. The lowest BCUT2D eigenvalue weighted by molar-refractivity contribution is -0.155. The number of hydrogen-bond acceptors (Lipinski definition) is 6. The van der Waals surface area contributed by atoms with Gasteiger partial charge >= 0.3 is 0 Å². The van der Waals surface area contributed by atoms with Crippen LogP contribution in [-0.2, 0) is 35.2 Å². The molecule has 47 heavy (non-hydrogen) atoms. The van der Waals surface area contributed by atoms with Crippen LogP contribution < -0.4 is 16.0 Å². The molecule has 4 aliphatic heterocycles. The van der Waals surface area contributed by atoms with Crippen molar-refractivity contribution in [3.05, 3.63) is 35.9 Å². The van der Waals surface area contributed by atoms with Gasteiger partial charge in [-0.25, -0.2) is 0 Å². The topological polar surface area (TPSA) is 148 Å². The molecule has 4 aliphatic rings. The fourth-order valence-corrected chi connectivity index (χ4v) is 7.45. The highest BCUT2D eigenvalue weighted by Gasteiger charge is 2.44. The number of nitrogens with zero attached hydrogens (tertiary/aromatic N) is 3. The van der Waals surface area contributed by atoms with Gasteiger partial charge in [0, 0.05) is 26.1 Å². The molecule has 5 rings (SSSR count). The maximum Gasteiger partial charge on any atom is 0.246 e. The lowest BCUT2D eigenvalue weighted by atomic mass is 9.92. The lowest BCUT2D eigenvalue weighted by Gasteiger charge is -2.43. The van der Waals surface area contributed by atoms with Crippen LogP contribution in [0, 0.1) is 5.92 Å². The van der Waals surface area contributed by atoms with Crippen molar-refractivity contribution >= 4 is 35.4 Å². The fourth-order valence-electron chi connectivity index (χ4n) is 7.45. The van der Waals surface area contributed by atoms with Crippen molar-refractivity contribution in [2.45, 2.75) is 121 Å². The van der Waals surface area contributed by atoms with E-state index >= 15 is 0 Å². The maximum absolute atomic E-state index is 14.3. The van der Waals surface area contributed by atoms with Crippen LogP contribution in [0.25, 0.3) is 0 Å². The third kappa shape index (κ3) is 7.62. The molecule has 256 valence electrons. The monoisotopic (exact) mass is 650 g/mol. The molecule has 0 spiro atoms. The molecular formula is C35H50N6O6. The van der Waals surface area contributed by atoms with E-state index in [4.69, 9.17) is 0 Å². The van der Waals surface area contributed by atoms with Crippen LogP contribution >= 0.6 is 0 Å². The standard InChI is InChI=1S/C35H50N6O6/c1-4-22(2)29-35(47)41-19-11-9-16-28(41)34(46)40-18-10-8-15-26(40)32(44)37-25(21-24-13-6-5-7-14-24)33(45)39-20-12-17-27(39)31(43)36-23(3)30(42)38-29/h5-7,13-14,22-23,25-29H,4,8-12,15-21H2,1-3H3,(H,36,43)(H,37,44)(H,38,42)/t22-,23+,25+,26-,27-,28+,29-/m0/s1. The van der Waals surface area contributed by atoms with Crippen molar-refractivity contribution < 1.29 is 28.8 Å². The first-order valence-electron chi connectivity index (χ1n) is 17.5. The maximum atomic E-state index is 14.3. The summed E-state index contributed by atoms with van der Waals surface area (Å²) in [6.07, 6.45) is 5.75. The molecule has 0 radical (unpaired) electrons. The van der Waals surface area contributed by atoms with Gasteiger partial charge in [0.05, 0.1) is 0 Å². The van der Waals surface area contributed by atoms with Gasteiger partial charge in [-0.2, -0.15) is 0 Å². The average molecular weight is 651 g/mol. The third-order valence-electron chi connectivity index (χ3n) is 10.4. The summed E-state index contributed by atoms with van der Waals surface area (Å²) in [7, 11) is 0. The van der Waals surface area contributed by atoms with E-state index in [9.17, 15) is 28.8 Å². The first kappa shape index (κ1) is 34.4. The molecule has 4 saturated heterocycles. The Kier molecular flexibility index (Phi) is 11.2. The number of amides is 6. The summed E-state index contributed by atoms with van der Waals surface area (Å²) in [6, 6.07) is 4.23. The van der Waals surface area contributed by atoms with Gasteiger partial charge in [-0.1, -0.05) is 50.6 Å². The molecule has 0 bridgehead atoms. The zero-order valence-electron chi connectivity index (χ0n) is 27.9. The van der Waals surface area contributed by atoms with Crippen LogP contribution in [0.1, 0.15) is 84.1 Å². The van der Waals surface area contributed by atoms with E-state index in [0.717, 1.165) is 31.2 Å². The van der Waals surface area contributed by atoms with Crippen LogP contribution in [0.4, 0.5) is 0 Å². The molecule has 12 nitrogen and oxygen atoms in total. The van der Waals surface area contributed by atoms with Crippen molar-refractivity contribution in [1.82, 2.24) is 30.7 Å². The number of carbonyl (C=O) groups excluding carboxylic acids is 6. The lowest BCUT2D eigenvalue weighted by Crippen LogP contribution is -2.64. The number of rotatable bonds is 4. The number of benzene rings is 1. The smallest absolute Gasteiger partial charge is 0.246 e. The molecule has 6 amide bonds. The van der Waals surface area contributed by atoms with Crippen LogP contribution in [0.5, 0.6) is 0 Å². The SMILES string of the molecule is CC[C@H](C)[C@@H]1NC(=O)[C@@H](C)NC(=O)[C@@H]2CCCN2C(=O)[C@@H](Cc2ccccc2)NC(=O)[C@@H]2CCCCN2C(=O)[C@H]2CCCCN2C1=O. The van der Waals surface area contributed by atoms with Gasteiger partial charge in [-0.15, -0.1) is 0 Å². The largest absolute Gasteiger partial charge is 0.343 e. The molecule has 0 aliphatic carbocycles. The van der Waals surface area contributed by atoms with E-state index in [1.165, 1.54) is 4.90 Å². The van der Waals surface area contributed by atoms with Crippen LogP contribution in [0.2, 0.25) is 0 Å². The predicted molar refractivity (Wildman–Crippen MR) is 175 cm³/mol. The summed E-state index contributed by atoms with van der Waals surface area (Å²) < 4.78 is 0. The van der Waals surface area contributed by atoms with Gasteiger partial charge < -0.3 is 30.7 Å². The van der Waals surface area contributed by atoms with Crippen molar-refractivity contribution in [3.63, 3.8) is 0 Å². The van der Waals surface area contributed by atoms with Gasteiger partial charge in [0.15, 0.2) is 0 Å². The number of piperidine rings is 2. The quantitative estimate of drug-likeness (QED) is 0.450. The summed E-state index contributed by atoms with van der Waals surface area (Å²) in [5.74, 6) is -2.53. The minimum absolute atomic E-state index is 0.220. The molecule has 0 saturated carbocycles. The van der Waals surface area contributed by atoms with E-state index in [1.807, 2.05) is 44.2 Å². The number of fused-ring (bicyclic) bond motifs is 3. The Balaban J connectivity index is 1.53. The summed E-state index contributed by atoms with van der Waals surface area (Å²) >= 11 is 0. The highest BCUT2D eigenvalue weighted by atomic mass is 16.2. The first-order chi connectivity index (χ1) is 22.6. The molecule has 0 aromatic heterocycles. The van der Waals surface area contributed by atoms with E-state index in [0.29, 0.717) is 51.7 Å². The van der Waals surface area contributed by atoms with Gasteiger partial charge in [-0.05, 0) is 69.8 Å². The molecule has 7 atom stereocenters. The van der Waals surface area contributed by atoms with Crippen molar-refractivity contribution in [1.29, 1.82) is 0 Å². The molecule has 4 heterocycles. The molecule has 4 fully saturated rings. The van der Waals surface area contributed by atoms with Gasteiger partial charge in [-0.3, -0.25) is 28.8 Å². The summed E-state index contributed by atoms with van der Waals surface area (Å²) in [4.78, 5) is 88.6. The Bertz CT molecular complexity index is 1340. The minimum atomic E-state index is -0.967. The fraction of sp³-hybridized carbons (Fsp3) is 0.657. The van der Waals surface area contributed by atoms with Crippen molar-refractivity contribution in [3.8, 4) is 0 Å². The molecule has 1 aromatic rings. The highest BCUT2D eigenvalue weighted by Crippen LogP contribution is 2.27. The van der Waals surface area contributed by atoms with E-state index in [2.05, 4.69) is 16.0 Å². The van der Waals surface area contributed by atoms with Gasteiger partial charge in [0.1, 0.15) is 36.3 Å². The molecule has 0 unspecified atom stereocenters. The Hall–Kier alpha value is -3.96. The number of carbonyl (C=O) groups is 6. The van der Waals surface area contributed by atoms with Crippen LogP contribution in [0.3, 0.4) is 0 Å². The number of hydrogen-bond donors (Lipinski definition) is 3. The first-order valence-corrected chi connectivity index (χ1v) is 17.5. The van der Waals surface area contributed by atoms with Gasteiger partial charge in [0.25, 0.3) is 0 Å². The van der Waals surface area contributed by atoms with Crippen LogP contribution in [-0.4, -0.2) is 106 Å². The zero-order chi connectivity index (χ0) is 33.7. The summed E-state index contributed by atoms with van der Waals surface area (Å²) in [5, 5.41) is 8.66. The average Bonchev–Trinajstić information content (AvgIpc) is 3.59. The van der Waals surface area contributed by atoms with E-state index in [-0.39, 0.29) is 30.1 Å². The second-order valence-electron chi connectivity index (χ2n) is 13.6. The Morgan fingerprint density at radius 1 is 0.660 bits per heavy atom. The molecule has 3 N–H and O–H groups in total. The summed E-state index contributed by atoms with van der Waals surface area (Å²) in [5.41, 5.74) is 0.850. The van der Waals surface area contributed by atoms with E-state index in [1.54, 1.807) is 16.7 Å². The van der Waals surface area contributed by atoms with Gasteiger partial charge in [0.2, 0.25) is 35.4 Å². The molecule has 12 heteroatoms. The zero-order valence-corrected chi connectivity index (χ0v) is 27.9. The normalized spacial score (nSPS) is 30.7. The predicted octanol–water partition coefficient (Wildman–Crippen LogP) is 1.52. The molecule has 1 aromatic carbocycles. The molecular weight excluding hydrogens is 600 g/mol. The Labute approximate surface area is 277 Å². The third-order valence-corrected chi connectivity index (χ3v) is 10.4. The second kappa shape index (κ2) is 15.3. The van der Waals surface area contributed by atoms with E-state index < -0.39 is 54.0 Å². The minimum Gasteiger partial charge on any atom is -0.343 e.